The summed E-state index contributed by atoms with van der Waals surface area (Å²) in [6.45, 7) is 0.264. The molecule has 0 N–H and O–H groups in total. The van der Waals surface area contributed by atoms with Crippen molar-refractivity contribution in [2.24, 2.45) is 0 Å². The van der Waals surface area contributed by atoms with E-state index < -0.39 is 11.8 Å². The summed E-state index contributed by atoms with van der Waals surface area (Å²) >= 11 is 6.45. The van der Waals surface area contributed by atoms with Crippen molar-refractivity contribution in [2.45, 2.75) is 6.61 Å². The van der Waals surface area contributed by atoms with Crippen molar-refractivity contribution in [3.8, 4) is 22.6 Å². The van der Waals surface area contributed by atoms with Crippen molar-refractivity contribution in [1.82, 2.24) is 9.78 Å². The molecule has 0 saturated heterocycles. The highest BCUT2D eigenvalue weighted by atomic mass is 35.5. The average molecular weight is 487 g/mol. The van der Waals surface area contributed by atoms with Gasteiger partial charge in [0.05, 0.1) is 30.1 Å². The van der Waals surface area contributed by atoms with Crippen molar-refractivity contribution in [3.63, 3.8) is 0 Å². The molecule has 4 aromatic carbocycles. The minimum atomic E-state index is -0.443. The highest BCUT2D eigenvalue weighted by molar-refractivity contribution is 6.33. The Morgan fingerprint density at radius 2 is 1.83 bits per heavy atom. The lowest BCUT2D eigenvalue weighted by Crippen LogP contribution is -2.01. The third kappa shape index (κ3) is 4.61. The van der Waals surface area contributed by atoms with Crippen LogP contribution < -0.4 is 4.74 Å². The molecule has 0 radical (unpaired) electrons. The smallest absolute Gasteiger partial charge is 0.337 e. The molecule has 5 aromatic rings. The normalized spacial score (nSPS) is 10.9. The lowest BCUT2D eigenvalue weighted by atomic mass is 10.0. The van der Waals surface area contributed by atoms with E-state index in [1.165, 1.54) is 13.2 Å². The third-order valence-corrected chi connectivity index (χ3v) is 5.98. The van der Waals surface area contributed by atoms with Crippen molar-refractivity contribution in [2.75, 3.05) is 7.11 Å². The van der Waals surface area contributed by atoms with Crippen LogP contribution in [0.5, 0.6) is 5.75 Å². The summed E-state index contributed by atoms with van der Waals surface area (Å²) in [4.78, 5) is 11.8. The summed E-state index contributed by atoms with van der Waals surface area (Å²) in [5.41, 5.74) is 4.52. The van der Waals surface area contributed by atoms with Crippen LogP contribution in [0.3, 0.4) is 0 Å². The monoisotopic (exact) mass is 486 g/mol. The van der Waals surface area contributed by atoms with Gasteiger partial charge < -0.3 is 9.47 Å². The molecule has 0 aliphatic heterocycles. The minimum absolute atomic E-state index is 0.157. The van der Waals surface area contributed by atoms with Crippen molar-refractivity contribution in [1.29, 1.82) is 0 Å². The Morgan fingerprint density at radius 1 is 1.00 bits per heavy atom. The number of benzene rings is 4. The fourth-order valence-corrected chi connectivity index (χ4v) is 4.16. The molecule has 35 heavy (non-hydrogen) atoms. The molecule has 5 rings (SSSR count). The Labute approximate surface area is 206 Å². The molecule has 0 atom stereocenters. The van der Waals surface area contributed by atoms with Gasteiger partial charge in [0.1, 0.15) is 6.61 Å². The van der Waals surface area contributed by atoms with Gasteiger partial charge in [0.15, 0.2) is 11.6 Å². The number of esters is 1. The summed E-state index contributed by atoms with van der Waals surface area (Å²) in [6, 6.07) is 25.1. The molecule has 5 nitrogen and oxygen atoms in total. The highest BCUT2D eigenvalue weighted by Gasteiger charge is 2.13. The number of nitrogens with zero attached hydrogens (tertiary/aromatic N) is 2. The standard InChI is InChI=1S/C28H20ClFN2O3/c1-34-28(33)20-7-10-23(24(29)14-20)19-8-12-26-21(13-19)16-31-32(26)22-9-11-25(30)27(15-22)35-17-18-5-3-2-4-6-18/h2-16H,17H2,1H3. The molecule has 7 heteroatoms. The molecule has 0 spiro atoms. The van der Waals surface area contributed by atoms with E-state index in [0.717, 1.165) is 27.6 Å². The van der Waals surface area contributed by atoms with Crippen LogP contribution >= 0.6 is 11.6 Å². The van der Waals surface area contributed by atoms with Crippen LogP contribution in [-0.4, -0.2) is 22.9 Å². The van der Waals surface area contributed by atoms with Crippen LogP contribution in [0, 0.1) is 5.82 Å². The summed E-state index contributed by atoms with van der Waals surface area (Å²) in [6.07, 6.45) is 1.74. The van der Waals surface area contributed by atoms with Gasteiger partial charge in [0.25, 0.3) is 0 Å². The number of hydrogen-bond acceptors (Lipinski definition) is 4. The molecule has 0 fully saturated rings. The topological polar surface area (TPSA) is 53.3 Å². The first-order valence-electron chi connectivity index (χ1n) is 10.9. The molecule has 1 heterocycles. The number of hydrogen-bond donors (Lipinski definition) is 0. The van der Waals surface area contributed by atoms with E-state index >= 15 is 0 Å². The summed E-state index contributed by atoms with van der Waals surface area (Å²) < 4.78 is 26.6. The Balaban J connectivity index is 1.44. The van der Waals surface area contributed by atoms with Gasteiger partial charge in [-0.05, 0) is 47.5 Å². The zero-order valence-electron chi connectivity index (χ0n) is 18.7. The number of rotatable bonds is 6. The van der Waals surface area contributed by atoms with Crippen LogP contribution in [0.2, 0.25) is 5.02 Å². The van der Waals surface area contributed by atoms with Crippen LogP contribution in [0.4, 0.5) is 4.39 Å². The van der Waals surface area contributed by atoms with Gasteiger partial charge in [-0.3, -0.25) is 0 Å². The lowest BCUT2D eigenvalue weighted by Gasteiger charge is -2.11. The number of carbonyl (C=O) groups excluding carboxylic acids is 1. The number of aromatic nitrogens is 2. The second-order valence-electron chi connectivity index (χ2n) is 7.91. The Hall–Kier alpha value is -4.16. The molecule has 0 bridgehead atoms. The van der Waals surface area contributed by atoms with Gasteiger partial charge in [-0.25, -0.2) is 13.9 Å². The number of fused-ring (bicyclic) bond motifs is 1. The molecule has 0 unspecified atom stereocenters. The second kappa shape index (κ2) is 9.60. The van der Waals surface area contributed by atoms with Crippen LogP contribution in [0.15, 0.2) is 91.1 Å². The number of methoxy groups -OCH3 is 1. The van der Waals surface area contributed by atoms with E-state index in [9.17, 15) is 9.18 Å². The minimum Gasteiger partial charge on any atom is -0.486 e. The van der Waals surface area contributed by atoms with Crippen molar-refractivity contribution < 1.29 is 18.7 Å². The summed E-state index contributed by atoms with van der Waals surface area (Å²) in [5, 5.41) is 5.83. The first-order valence-corrected chi connectivity index (χ1v) is 11.2. The van der Waals surface area contributed by atoms with E-state index in [0.29, 0.717) is 16.3 Å². The number of carbonyl (C=O) groups is 1. The largest absolute Gasteiger partial charge is 0.486 e. The quantitative estimate of drug-likeness (QED) is 0.246. The molecule has 174 valence electrons. The van der Waals surface area contributed by atoms with Gasteiger partial charge in [-0.2, -0.15) is 5.10 Å². The van der Waals surface area contributed by atoms with E-state index in [4.69, 9.17) is 21.1 Å². The summed E-state index contributed by atoms with van der Waals surface area (Å²) in [5.74, 6) is -0.723. The maximum absolute atomic E-state index is 14.4. The number of halogens is 2. The summed E-state index contributed by atoms with van der Waals surface area (Å²) in [7, 11) is 1.33. The van der Waals surface area contributed by atoms with E-state index in [-0.39, 0.29) is 12.4 Å². The Bertz CT molecular complexity index is 1530. The molecular formula is C28H20ClFN2O3. The van der Waals surface area contributed by atoms with Crippen molar-refractivity contribution >= 4 is 28.5 Å². The maximum atomic E-state index is 14.4. The maximum Gasteiger partial charge on any atom is 0.337 e. The van der Waals surface area contributed by atoms with E-state index in [1.807, 2.05) is 48.5 Å². The highest BCUT2D eigenvalue weighted by Crippen LogP contribution is 2.32. The zero-order chi connectivity index (χ0) is 24.4. The first kappa shape index (κ1) is 22.6. The van der Waals surface area contributed by atoms with Gasteiger partial charge in [0, 0.05) is 22.0 Å². The molecule has 0 amide bonds. The van der Waals surface area contributed by atoms with E-state index in [1.54, 1.807) is 41.2 Å². The Morgan fingerprint density at radius 3 is 2.60 bits per heavy atom. The third-order valence-electron chi connectivity index (χ3n) is 5.67. The second-order valence-corrected chi connectivity index (χ2v) is 8.31. The first-order chi connectivity index (χ1) is 17.0. The molecule has 0 aliphatic rings. The zero-order valence-corrected chi connectivity index (χ0v) is 19.5. The van der Waals surface area contributed by atoms with Crippen LogP contribution in [0.1, 0.15) is 15.9 Å². The molecule has 1 aromatic heterocycles. The lowest BCUT2D eigenvalue weighted by molar-refractivity contribution is 0.0600. The van der Waals surface area contributed by atoms with Crippen molar-refractivity contribution in [3.05, 3.63) is 113 Å². The van der Waals surface area contributed by atoms with Gasteiger partial charge in [0.2, 0.25) is 0 Å². The predicted octanol–water partition coefficient (Wildman–Crippen LogP) is 6.85. The van der Waals surface area contributed by atoms with E-state index in [2.05, 4.69) is 5.10 Å². The molecular weight excluding hydrogens is 467 g/mol. The molecule has 0 aliphatic carbocycles. The Kier molecular flexibility index (Phi) is 6.21. The van der Waals surface area contributed by atoms with Gasteiger partial charge >= 0.3 is 5.97 Å². The fraction of sp³-hybridized carbons (Fsp3) is 0.0714. The van der Waals surface area contributed by atoms with Gasteiger partial charge in [-0.15, -0.1) is 0 Å². The average Bonchev–Trinajstić information content (AvgIpc) is 3.31. The SMILES string of the molecule is COC(=O)c1ccc(-c2ccc3c(cnn3-c3ccc(F)c(OCc4ccccc4)c3)c2)c(Cl)c1. The fourth-order valence-electron chi connectivity index (χ4n) is 3.87. The predicted molar refractivity (Wildman–Crippen MR) is 134 cm³/mol. The van der Waals surface area contributed by atoms with Gasteiger partial charge in [-0.1, -0.05) is 54.1 Å². The number of ether oxygens (including phenoxy) is 2. The van der Waals surface area contributed by atoms with Crippen LogP contribution in [0.25, 0.3) is 27.7 Å². The molecule has 0 saturated carbocycles. The van der Waals surface area contributed by atoms with Crippen LogP contribution in [-0.2, 0) is 11.3 Å².